The van der Waals surface area contributed by atoms with E-state index in [-0.39, 0.29) is 17.8 Å². The molecule has 0 aromatic heterocycles. The second kappa shape index (κ2) is 9.63. The maximum Gasteiger partial charge on any atom is 0.239 e. The highest BCUT2D eigenvalue weighted by Gasteiger charge is 2.42. The molecule has 1 saturated carbocycles. The van der Waals surface area contributed by atoms with E-state index >= 15 is 0 Å². The van der Waals surface area contributed by atoms with Gasteiger partial charge in [0.25, 0.3) is 0 Å². The number of hydrogen-bond acceptors (Lipinski definition) is 4. The van der Waals surface area contributed by atoms with E-state index in [4.69, 9.17) is 5.73 Å². The molecule has 1 aromatic rings. The summed E-state index contributed by atoms with van der Waals surface area (Å²) < 4.78 is 13.1. The summed E-state index contributed by atoms with van der Waals surface area (Å²) in [6, 6.07) is 6.75. The molecule has 154 valence electrons. The lowest BCUT2D eigenvalue weighted by Gasteiger charge is -2.31. The molecule has 3 rings (SSSR count). The maximum atomic E-state index is 13.1. The van der Waals surface area contributed by atoms with Gasteiger partial charge in [-0.25, -0.2) is 4.39 Å². The second-order valence-corrected chi connectivity index (χ2v) is 8.05. The van der Waals surface area contributed by atoms with Gasteiger partial charge in [0.15, 0.2) is 0 Å². The van der Waals surface area contributed by atoms with E-state index in [1.165, 1.54) is 17.7 Å². The Morgan fingerprint density at radius 2 is 2.04 bits per heavy atom. The molecule has 0 radical (unpaired) electrons. The molecule has 1 aliphatic heterocycles. The Morgan fingerprint density at radius 1 is 1.36 bits per heavy atom. The van der Waals surface area contributed by atoms with Gasteiger partial charge >= 0.3 is 0 Å². The fourth-order valence-corrected chi connectivity index (χ4v) is 4.17. The number of carbonyl (C=O) groups excluding carboxylic acids is 1. The Bertz CT molecular complexity index is 658. The van der Waals surface area contributed by atoms with Crippen molar-refractivity contribution in [2.24, 2.45) is 5.73 Å². The fraction of sp³-hybridized carbons (Fsp3) is 0.591. The zero-order valence-corrected chi connectivity index (χ0v) is 16.5. The molecule has 3 atom stereocenters. The second-order valence-electron chi connectivity index (χ2n) is 8.05. The van der Waals surface area contributed by atoms with Crippen molar-refractivity contribution in [3.63, 3.8) is 0 Å². The van der Waals surface area contributed by atoms with E-state index < -0.39 is 6.04 Å². The largest absolute Gasteiger partial charge is 0.393 e. The van der Waals surface area contributed by atoms with Gasteiger partial charge in [0.2, 0.25) is 5.91 Å². The summed E-state index contributed by atoms with van der Waals surface area (Å²) in [6.45, 7) is 6.72. The Labute approximate surface area is 167 Å². The van der Waals surface area contributed by atoms with Gasteiger partial charge in [-0.3, -0.25) is 9.69 Å². The lowest BCUT2D eigenvalue weighted by molar-refractivity contribution is -0.134. The number of likely N-dealkylation sites (tertiary alicyclic amines) is 1. The van der Waals surface area contributed by atoms with Gasteiger partial charge in [-0.05, 0) is 56.3 Å². The molecule has 0 spiro atoms. The average Bonchev–Trinajstić information content (AvgIpc) is 3.48. The molecule has 2 fully saturated rings. The molecule has 1 aliphatic carbocycles. The molecular weight excluding hydrogens is 357 g/mol. The van der Waals surface area contributed by atoms with Crippen LogP contribution in [0.1, 0.15) is 43.6 Å². The molecular formula is C22H32FN3O2. The minimum atomic E-state index is -0.479. The topological polar surface area (TPSA) is 69.8 Å². The lowest BCUT2D eigenvalue weighted by Crippen LogP contribution is -2.48. The van der Waals surface area contributed by atoms with Crippen LogP contribution in [0.3, 0.4) is 0 Å². The van der Waals surface area contributed by atoms with Crippen molar-refractivity contribution >= 4 is 5.91 Å². The van der Waals surface area contributed by atoms with Gasteiger partial charge in [0, 0.05) is 31.6 Å². The third-order valence-corrected chi connectivity index (χ3v) is 5.94. The van der Waals surface area contributed by atoms with Crippen LogP contribution in [0.15, 0.2) is 36.9 Å². The number of aliphatic hydroxyl groups is 1. The predicted octanol–water partition coefficient (Wildman–Crippen LogP) is 2.26. The van der Waals surface area contributed by atoms with E-state index in [1.54, 1.807) is 4.90 Å². The number of nitrogens with zero attached hydrogens (tertiary/aromatic N) is 2. The van der Waals surface area contributed by atoms with Crippen LogP contribution in [-0.2, 0) is 4.79 Å². The van der Waals surface area contributed by atoms with Crippen molar-refractivity contribution < 1.29 is 14.3 Å². The Morgan fingerprint density at radius 3 is 2.68 bits per heavy atom. The number of amides is 1. The van der Waals surface area contributed by atoms with Gasteiger partial charge in [-0.1, -0.05) is 18.2 Å². The number of benzene rings is 1. The summed E-state index contributed by atoms with van der Waals surface area (Å²) in [5.41, 5.74) is 7.32. The van der Waals surface area contributed by atoms with E-state index in [2.05, 4.69) is 11.5 Å². The summed E-state index contributed by atoms with van der Waals surface area (Å²) in [5, 5.41) is 9.57. The van der Waals surface area contributed by atoms with Gasteiger partial charge in [0.1, 0.15) is 5.82 Å². The molecule has 1 heterocycles. The number of aliphatic hydroxyl groups excluding tert-OH is 1. The summed E-state index contributed by atoms with van der Waals surface area (Å²) in [6.07, 6.45) is 5.46. The third-order valence-electron chi connectivity index (χ3n) is 5.94. The number of carbonyl (C=O) groups is 1. The van der Waals surface area contributed by atoms with Crippen LogP contribution in [0.4, 0.5) is 4.39 Å². The molecule has 5 nitrogen and oxygen atoms in total. The van der Waals surface area contributed by atoms with Gasteiger partial charge < -0.3 is 15.7 Å². The normalized spacial score (nSPS) is 23.6. The highest BCUT2D eigenvalue weighted by molar-refractivity contribution is 5.81. The van der Waals surface area contributed by atoms with E-state index in [1.807, 2.05) is 18.2 Å². The fourth-order valence-electron chi connectivity index (χ4n) is 4.17. The lowest BCUT2D eigenvalue weighted by atomic mass is 10.1. The Balaban J connectivity index is 1.44. The number of nitrogens with two attached hydrogens (primary N) is 1. The monoisotopic (exact) mass is 389 g/mol. The van der Waals surface area contributed by atoms with E-state index in [0.29, 0.717) is 44.3 Å². The number of hydrogen-bond donors (Lipinski definition) is 2. The highest BCUT2D eigenvalue weighted by Crippen LogP contribution is 2.44. The maximum absolute atomic E-state index is 13.1. The van der Waals surface area contributed by atoms with Crippen molar-refractivity contribution in [3.05, 3.63) is 48.3 Å². The molecule has 0 bridgehead atoms. The zero-order valence-electron chi connectivity index (χ0n) is 16.5. The van der Waals surface area contributed by atoms with E-state index in [9.17, 15) is 14.3 Å². The molecule has 1 aromatic carbocycles. The van der Waals surface area contributed by atoms with Crippen molar-refractivity contribution in [1.82, 2.24) is 9.80 Å². The number of halogens is 1. The highest BCUT2D eigenvalue weighted by atomic mass is 19.1. The Kier molecular flexibility index (Phi) is 7.21. The summed E-state index contributed by atoms with van der Waals surface area (Å²) >= 11 is 0. The van der Waals surface area contributed by atoms with Crippen molar-refractivity contribution in [2.45, 2.75) is 56.2 Å². The van der Waals surface area contributed by atoms with Crippen LogP contribution in [0, 0.1) is 5.82 Å². The van der Waals surface area contributed by atoms with Crippen molar-refractivity contribution in [1.29, 1.82) is 0 Å². The van der Waals surface area contributed by atoms with Gasteiger partial charge in [-0.2, -0.15) is 0 Å². The minimum Gasteiger partial charge on any atom is -0.393 e. The zero-order chi connectivity index (χ0) is 20.1. The number of piperidine rings is 1. The number of rotatable bonds is 9. The summed E-state index contributed by atoms with van der Waals surface area (Å²) in [7, 11) is 0. The van der Waals surface area contributed by atoms with Crippen molar-refractivity contribution in [3.8, 4) is 0 Å². The van der Waals surface area contributed by atoms with Crippen LogP contribution < -0.4 is 5.73 Å². The first kappa shape index (κ1) is 21.0. The first-order chi connectivity index (χ1) is 13.5. The van der Waals surface area contributed by atoms with Crippen LogP contribution in [0.25, 0.3) is 0 Å². The first-order valence-electron chi connectivity index (χ1n) is 10.3. The molecule has 28 heavy (non-hydrogen) atoms. The summed E-state index contributed by atoms with van der Waals surface area (Å²) in [5.74, 6) is 0.235. The Hall–Kier alpha value is -1.76. The molecule has 1 amide bonds. The molecule has 2 aliphatic rings. The predicted molar refractivity (Wildman–Crippen MR) is 108 cm³/mol. The standard InChI is InChI=1S/C22H32FN3O2/c1-2-11-25(21-15-19(21)16-5-7-17(23)8-6-16)12-3-4-20(24)22(28)26-13-9-18(27)10-14-26/h2,5-8,18-21,27H,1,3-4,9-15,24H2/t19-,20?,21+/m0/s1. The van der Waals surface area contributed by atoms with Crippen LogP contribution in [0.5, 0.6) is 0 Å². The van der Waals surface area contributed by atoms with E-state index in [0.717, 1.165) is 25.9 Å². The SMILES string of the molecule is C=CCN(CCCC(N)C(=O)N1CCC(O)CC1)[C@@H]1C[C@H]1c1ccc(F)cc1. The van der Waals surface area contributed by atoms with Gasteiger partial charge in [0.05, 0.1) is 12.1 Å². The smallest absolute Gasteiger partial charge is 0.239 e. The van der Waals surface area contributed by atoms with Crippen molar-refractivity contribution in [2.75, 3.05) is 26.2 Å². The minimum absolute atomic E-state index is 0.00205. The van der Waals surface area contributed by atoms with Crippen LogP contribution in [-0.4, -0.2) is 65.2 Å². The van der Waals surface area contributed by atoms with Crippen LogP contribution in [0.2, 0.25) is 0 Å². The average molecular weight is 390 g/mol. The van der Waals surface area contributed by atoms with Crippen LogP contribution >= 0.6 is 0 Å². The molecule has 6 heteroatoms. The molecule has 1 unspecified atom stereocenters. The van der Waals surface area contributed by atoms with Gasteiger partial charge in [-0.15, -0.1) is 6.58 Å². The quantitative estimate of drug-likeness (QED) is 0.636. The molecule has 3 N–H and O–H groups in total. The first-order valence-corrected chi connectivity index (χ1v) is 10.3. The molecule has 1 saturated heterocycles. The third kappa shape index (κ3) is 5.40. The summed E-state index contributed by atoms with van der Waals surface area (Å²) in [4.78, 5) is 16.6.